The average Bonchev–Trinajstić information content (AvgIpc) is 2.47. The molecule has 0 saturated carbocycles. The zero-order valence-electron chi connectivity index (χ0n) is 10.4. The number of carbonyl (C=O) groups is 1. The van der Waals surface area contributed by atoms with Gasteiger partial charge >= 0.3 is 0 Å². The van der Waals surface area contributed by atoms with Crippen LogP contribution in [-0.4, -0.2) is 15.9 Å². The van der Waals surface area contributed by atoms with Crippen LogP contribution in [0.3, 0.4) is 0 Å². The predicted octanol–water partition coefficient (Wildman–Crippen LogP) is 3.54. The number of nitrogens with one attached hydrogen (secondary N) is 1. The molecule has 0 radical (unpaired) electrons. The number of hydrogen-bond acceptors (Lipinski definition) is 3. The van der Waals surface area contributed by atoms with E-state index < -0.39 is 0 Å². The Bertz CT molecular complexity index is 789. The lowest BCUT2D eigenvalue weighted by atomic mass is 10.2. The molecule has 0 unspecified atom stereocenters. The summed E-state index contributed by atoms with van der Waals surface area (Å²) in [4.78, 5) is 20.3. The third-order valence-corrected chi connectivity index (χ3v) is 3.02. The summed E-state index contributed by atoms with van der Waals surface area (Å²) >= 11 is 5.77. The summed E-state index contributed by atoms with van der Waals surface area (Å²) < 4.78 is 0. The van der Waals surface area contributed by atoms with E-state index in [0.29, 0.717) is 10.8 Å². The summed E-state index contributed by atoms with van der Waals surface area (Å²) in [6.45, 7) is 0. The lowest BCUT2D eigenvalue weighted by molar-refractivity contribution is 0.102. The summed E-state index contributed by atoms with van der Waals surface area (Å²) in [6.07, 6.45) is 1.73. The molecule has 2 aromatic heterocycles. The van der Waals surface area contributed by atoms with Gasteiger partial charge in [-0.1, -0.05) is 23.7 Å². The number of hydrogen-bond donors (Lipinski definition) is 1. The van der Waals surface area contributed by atoms with Crippen LogP contribution in [0.5, 0.6) is 0 Å². The quantitative estimate of drug-likeness (QED) is 0.732. The molecule has 0 aliphatic rings. The van der Waals surface area contributed by atoms with Gasteiger partial charge in [-0.3, -0.25) is 9.78 Å². The van der Waals surface area contributed by atoms with Crippen LogP contribution in [0.2, 0.25) is 5.15 Å². The maximum atomic E-state index is 12.1. The fourth-order valence-electron chi connectivity index (χ4n) is 1.88. The molecule has 0 aliphatic carbocycles. The first-order chi connectivity index (χ1) is 9.72. The van der Waals surface area contributed by atoms with Gasteiger partial charge in [0.05, 0.1) is 5.52 Å². The molecule has 1 aromatic carbocycles. The number of pyridine rings is 2. The van der Waals surface area contributed by atoms with Gasteiger partial charge in [0.2, 0.25) is 0 Å². The fraction of sp³-hybridized carbons (Fsp3) is 0. The number of amides is 1. The van der Waals surface area contributed by atoms with Crippen LogP contribution >= 0.6 is 11.6 Å². The van der Waals surface area contributed by atoms with Crippen LogP contribution in [0, 0.1) is 0 Å². The average molecular weight is 284 g/mol. The van der Waals surface area contributed by atoms with Crippen molar-refractivity contribution in [3.63, 3.8) is 0 Å². The van der Waals surface area contributed by atoms with Gasteiger partial charge in [-0.25, -0.2) is 4.98 Å². The molecule has 3 aromatic rings. The highest BCUT2D eigenvalue weighted by molar-refractivity contribution is 6.29. The Hall–Kier alpha value is -2.46. The van der Waals surface area contributed by atoms with Crippen LogP contribution in [0.1, 0.15) is 10.5 Å². The van der Waals surface area contributed by atoms with Crippen molar-refractivity contribution in [3.05, 3.63) is 65.6 Å². The van der Waals surface area contributed by atoms with Crippen LogP contribution < -0.4 is 5.32 Å². The largest absolute Gasteiger partial charge is 0.321 e. The lowest BCUT2D eigenvalue weighted by Gasteiger charge is -2.06. The second kappa shape index (κ2) is 5.27. The van der Waals surface area contributed by atoms with E-state index in [9.17, 15) is 4.79 Å². The van der Waals surface area contributed by atoms with E-state index in [2.05, 4.69) is 15.3 Å². The zero-order valence-corrected chi connectivity index (χ0v) is 11.1. The van der Waals surface area contributed by atoms with Crippen molar-refractivity contribution < 1.29 is 4.79 Å². The summed E-state index contributed by atoms with van der Waals surface area (Å²) in [6, 6.07) is 14.2. The van der Waals surface area contributed by atoms with Crippen molar-refractivity contribution >= 4 is 34.1 Å². The Morgan fingerprint density at radius 1 is 1.10 bits per heavy atom. The van der Waals surface area contributed by atoms with E-state index in [0.717, 1.165) is 10.9 Å². The molecule has 3 rings (SSSR count). The molecule has 0 fully saturated rings. The molecule has 5 heteroatoms. The molecule has 0 bridgehead atoms. The SMILES string of the molecule is O=C(Nc1ccc2ncccc2c1)c1cccc(Cl)n1. The highest BCUT2D eigenvalue weighted by Crippen LogP contribution is 2.17. The monoisotopic (exact) mass is 283 g/mol. The fourth-order valence-corrected chi connectivity index (χ4v) is 2.05. The Labute approximate surface area is 120 Å². The number of benzene rings is 1. The minimum absolute atomic E-state index is 0.281. The van der Waals surface area contributed by atoms with E-state index in [-0.39, 0.29) is 11.6 Å². The Morgan fingerprint density at radius 2 is 2.00 bits per heavy atom. The molecule has 1 N–H and O–H groups in total. The molecule has 0 atom stereocenters. The predicted molar refractivity (Wildman–Crippen MR) is 78.9 cm³/mol. The van der Waals surface area contributed by atoms with Gasteiger partial charge in [0.25, 0.3) is 5.91 Å². The van der Waals surface area contributed by atoms with Crippen LogP contribution in [-0.2, 0) is 0 Å². The van der Waals surface area contributed by atoms with Crippen LogP contribution in [0.4, 0.5) is 5.69 Å². The van der Waals surface area contributed by atoms with Crippen LogP contribution in [0.15, 0.2) is 54.7 Å². The Balaban J connectivity index is 1.87. The first kappa shape index (κ1) is 12.6. The van der Waals surface area contributed by atoms with E-state index in [1.54, 1.807) is 30.5 Å². The highest BCUT2D eigenvalue weighted by Gasteiger charge is 2.08. The van der Waals surface area contributed by atoms with Crippen molar-refractivity contribution in [2.24, 2.45) is 0 Å². The molecular weight excluding hydrogens is 274 g/mol. The van der Waals surface area contributed by atoms with Crippen molar-refractivity contribution in [3.8, 4) is 0 Å². The molecule has 2 heterocycles. The number of rotatable bonds is 2. The maximum absolute atomic E-state index is 12.1. The summed E-state index contributed by atoms with van der Waals surface area (Å²) in [5.41, 5.74) is 1.85. The van der Waals surface area contributed by atoms with Gasteiger partial charge in [0, 0.05) is 17.3 Å². The Kier molecular flexibility index (Phi) is 3.31. The van der Waals surface area contributed by atoms with Crippen LogP contribution in [0.25, 0.3) is 10.9 Å². The van der Waals surface area contributed by atoms with Crippen molar-refractivity contribution in [1.82, 2.24) is 9.97 Å². The third kappa shape index (κ3) is 2.60. The number of carbonyl (C=O) groups excluding carboxylic acids is 1. The number of halogens is 1. The molecule has 4 nitrogen and oxygen atoms in total. The van der Waals surface area contributed by atoms with Gasteiger partial charge in [-0.2, -0.15) is 0 Å². The van der Waals surface area contributed by atoms with Crippen molar-refractivity contribution in [2.75, 3.05) is 5.32 Å². The summed E-state index contributed by atoms with van der Waals surface area (Å²) in [5.74, 6) is -0.296. The van der Waals surface area contributed by atoms with E-state index >= 15 is 0 Å². The van der Waals surface area contributed by atoms with E-state index in [4.69, 9.17) is 11.6 Å². The van der Waals surface area contributed by atoms with Gasteiger partial charge < -0.3 is 5.32 Å². The number of anilines is 1. The van der Waals surface area contributed by atoms with Crippen molar-refractivity contribution in [2.45, 2.75) is 0 Å². The molecule has 0 aliphatic heterocycles. The van der Waals surface area contributed by atoms with Gasteiger partial charge in [0.1, 0.15) is 10.8 Å². The topological polar surface area (TPSA) is 54.9 Å². The minimum Gasteiger partial charge on any atom is -0.321 e. The Morgan fingerprint density at radius 3 is 2.85 bits per heavy atom. The molecule has 1 amide bonds. The normalized spacial score (nSPS) is 10.4. The number of nitrogens with zero attached hydrogens (tertiary/aromatic N) is 2. The standard InChI is InChI=1S/C15H10ClN3O/c16-14-5-1-4-13(19-14)15(20)18-11-6-7-12-10(9-11)3-2-8-17-12/h1-9H,(H,18,20). The van der Waals surface area contributed by atoms with Gasteiger partial charge in [-0.15, -0.1) is 0 Å². The number of aromatic nitrogens is 2. The van der Waals surface area contributed by atoms with Gasteiger partial charge in [-0.05, 0) is 36.4 Å². The molecular formula is C15H10ClN3O. The molecule has 0 spiro atoms. The van der Waals surface area contributed by atoms with E-state index in [1.165, 1.54) is 0 Å². The second-order valence-electron chi connectivity index (χ2n) is 4.21. The highest BCUT2D eigenvalue weighted by atomic mass is 35.5. The number of fused-ring (bicyclic) bond motifs is 1. The van der Waals surface area contributed by atoms with Gasteiger partial charge in [0.15, 0.2) is 0 Å². The molecule has 20 heavy (non-hydrogen) atoms. The minimum atomic E-state index is -0.296. The van der Waals surface area contributed by atoms with E-state index in [1.807, 2.05) is 24.3 Å². The first-order valence-corrected chi connectivity index (χ1v) is 6.39. The second-order valence-corrected chi connectivity index (χ2v) is 4.60. The lowest BCUT2D eigenvalue weighted by Crippen LogP contribution is -2.13. The molecule has 0 saturated heterocycles. The summed E-state index contributed by atoms with van der Waals surface area (Å²) in [5, 5.41) is 4.04. The third-order valence-electron chi connectivity index (χ3n) is 2.81. The smallest absolute Gasteiger partial charge is 0.274 e. The first-order valence-electron chi connectivity index (χ1n) is 6.01. The summed E-state index contributed by atoms with van der Waals surface area (Å²) in [7, 11) is 0. The molecule has 98 valence electrons. The zero-order chi connectivity index (χ0) is 13.9. The van der Waals surface area contributed by atoms with Crippen molar-refractivity contribution in [1.29, 1.82) is 0 Å². The maximum Gasteiger partial charge on any atom is 0.274 e.